The average Bonchev–Trinajstić information content (AvgIpc) is 2.59. The fourth-order valence-corrected chi connectivity index (χ4v) is 6.10. The maximum absolute atomic E-state index is 6.44. The van der Waals surface area contributed by atoms with Crippen molar-refractivity contribution in [2.45, 2.75) is 39.3 Å². The summed E-state index contributed by atoms with van der Waals surface area (Å²) in [7, 11) is -2.93. The van der Waals surface area contributed by atoms with Gasteiger partial charge in [-0.3, -0.25) is 0 Å². The molecule has 0 saturated carbocycles. The van der Waals surface area contributed by atoms with E-state index in [9.17, 15) is 0 Å². The van der Waals surface area contributed by atoms with Crippen molar-refractivity contribution in [2.24, 2.45) is 0 Å². The third-order valence-corrected chi connectivity index (χ3v) is 9.35. The highest BCUT2D eigenvalue weighted by atomic mass is 35.5. The summed E-state index contributed by atoms with van der Waals surface area (Å²) in [5.41, 5.74) is 4.02. The SMILES string of the molecule is C[Si](C)(C)c1cc(Cl)cc(-c2cccc(-c3cc(Cl)cc([Si](C)(C)C)c3)n2)c1. The van der Waals surface area contributed by atoms with Crippen LogP contribution in [0.3, 0.4) is 0 Å². The Balaban J connectivity index is 2.10. The van der Waals surface area contributed by atoms with Crippen molar-refractivity contribution in [2.75, 3.05) is 0 Å². The fourth-order valence-electron chi connectivity index (χ4n) is 3.10. The molecule has 1 nitrogen and oxygen atoms in total. The van der Waals surface area contributed by atoms with Crippen molar-refractivity contribution >= 4 is 49.7 Å². The second-order valence-corrected chi connectivity index (χ2v) is 20.4. The van der Waals surface area contributed by atoms with Crippen LogP contribution in [-0.2, 0) is 0 Å². The first-order chi connectivity index (χ1) is 12.9. The molecule has 0 aliphatic carbocycles. The van der Waals surface area contributed by atoms with Crippen molar-refractivity contribution in [3.8, 4) is 22.5 Å². The van der Waals surface area contributed by atoms with Gasteiger partial charge in [0.15, 0.2) is 0 Å². The molecule has 2 aromatic carbocycles. The van der Waals surface area contributed by atoms with Crippen LogP contribution in [0, 0.1) is 0 Å². The lowest BCUT2D eigenvalue weighted by molar-refractivity contribution is 1.32. The first-order valence-corrected chi connectivity index (χ1v) is 17.3. The van der Waals surface area contributed by atoms with Gasteiger partial charge < -0.3 is 0 Å². The number of hydrogen-bond acceptors (Lipinski definition) is 1. The maximum Gasteiger partial charge on any atom is 0.0776 e. The Morgan fingerprint density at radius 3 is 1.36 bits per heavy atom. The lowest BCUT2D eigenvalue weighted by Gasteiger charge is -2.19. The molecular weight excluding hydrogens is 417 g/mol. The van der Waals surface area contributed by atoms with Gasteiger partial charge in [0.25, 0.3) is 0 Å². The number of rotatable bonds is 4. The molecule has 0 saturated heterocycles. The zero-order valence-corrected chi connectivity index (χ0v) is 20.9. The highest BCUT2D eigenvalue weighted by Crippen LogP contribution is 2.26. The zero-order valence-electron chi connectivity index (χ0n) is 17.4. The predicted octanol–water partition coefficient (Wildman–Crippen LogP) is 6.81. The zero-order chi connectivity index (χ0) is 20.7. The van der Waals surface area contributed by atoms with Gasteiger partial charge in [-0.15, -0.1) is 0 Å². The van der Waals surface area contributed by atoms with E-state index >= 15 is 0 Å². The van der Waals surface area contributed by atoms with Crippen molar-refractivity contribution in [3.63, 3.8) is 0 Å². The molecule has 0 aliphatic heterocycles. The number of aromatic nitrogens is 1. The molecule has 0 N–H and O–H groups in total. The van der Waals surface area contributed by atoms with Gasteiger partial charge in [0, 0.05) is 21.2 Å². The van der Waals surface area contributed by atoms with Crippen molar-refractivity contribution in [1.29, 1.82) is 0 Å². The Morgan fingerprint density at radius 2 is 1.00 bits per heavy atom. The molecule has 0 spiro atoms. The third kappa shape index (κ3) is 4.95. The predicted molar refractivity (Wildman–Crippen MR) is 131 cm³/mol. The molecule has 1 heterocycles. The molecule has 3 rings (SSSR count). The van der Waals surface area contributed by atoms with Gasteiger partial charge in [0.1, 0.15) is 0 Å². The second-order valence-electron chi connectivity index (χ2n) is 9.37. The van der Waals surface area contributed by atoms with Crippen LogP contribution in [-0.4, -0.2) is 21.1 Å². The molecule has 0 bridgehead atoms. The summed E-state index contributed by atoms with van der Waals surface area (Å²) in [5, 5.41) is 4.22. The van der Waals surface area contributed by atoms with Crippen LogP contribution in [0.25, 0.3) is 22.5 Å². The monoisotopic (exact) mass is 443 g/mol. The minimum absolute atomic E-state index is 0.769. The third-order valence-electron chi connectivity index (χ3n) is 4.87. The first kappa shape index (κ1) is 21.3. The largest absolute Gasteiger partial charge is 0.248 e. The minimum Gasteiger partial charge on any atom is -0.248 e. The van der Waals surface area contributed by atoms with Crippen molar-refractivity contribution in [3.05, 3.63) is 64.6 Å². The summed E-state index contributed by atoms with van der Waals surface area (Å²) >= 11 is 12.9. The Morgan fingerprint density at radius 1 is 0.607 bits per heavy atom. The van der Waals surface area contributed by atoms with Gasteiger partial charge in [-0.05, 0) is 36.4 Å². The summed E-state index contributed by atoms with van der Waals surface area (Å²) in [4.78, 5) is 4.96. The normalized spacial score (nSPS) is 12.3. The Labute approximate surface area is 180 Å². The number of halogens is 2. The standard InChI is InChI=1S/C23H27Cl2NSi2/c1-27(2,3)20-12-16(10-18(24)14-20)22-8-7-9-23(26-22)17-11-19(25)15-21(13-17)28(4,5)6/h7-15H,1-6H3. The van der Waals surface area contributed by atoms with Crippen LogP contribution >= 0.6 is 23.2 Å². The summed E-state index contributed by atoms with van der Waals surface area (Å²) < 4.78 is 0. The van der Waals surface area contributed by atoms with Crippen LogP contribution in [0.4, 0.5) is 0 Å². The summed E-state index contributed by atoms with van der Waals surface area (Å²) in [6.07, 6.45) is 0. The van der Waals surface area contributed by atoms with Gasteiger partial charge >= 0.3 is 0 Å². The lowest BCUT2D eigenvalue weighted by atomic mass is 10.1. The molecule has 28 heavy (non-hydrogen) atoms. The van der Waals surface area contributed by atoms with Crippen LogP contribution in [0.2, 0.25) is 49.3 Å². The van der Waals surface area contributed by atoms with E-state index in [-0.39, 0.29) is 0 Å². The van der Waals surface area contributed by atoms with E-state index in [1.54, 1.807) is 0 Å². The minimum atomic E-state index is -1.47. The first-order valence-electron chi connectivity index (χ1n) is 9.53. The van der Waals surface area contributed by atoms with E-state index < -0.39 is 16.1 Å². The highest BCUT2D eigenvalue weighted by molar-refractivity contribution is 6.89. The lowest BCUT2D eigenvalue weighted by Crippen LogP contribution is -2.37. The van der Waals surface area contributed by atoms with Gasteiger partial charge in [0.05, 0.1) is 27.5 Å². The number of hydrogen-bond donors (Lipinski definition) is 0. The molecule has 0 unspecified atom stereocenters. The van der Waals surface area contributed by atoms with Gasteiger partial charge in [-0.1, -0.05) is 91.1 Å². The number of nitrogens with zero attached hydrogens (tertiary/aromatic N) is 1. The van der Waals surface area contributed by atoms with E-state index in [4.69, 9.17) is 28.2 Å². The molecule has 0 atom stereocenters. The Bertz CT molecular complexity index is 939. The van der Waals surface area contributed by atoms with Gasteiger partial charge in [-0.2, -0.15) is 0 Å². The molecule has 0 radical (unpaired) electrons. The molecule has 1 aromatic heterocycles. The van der Waals surface area contributed by atoms with Crippen molar-refractivity contribution < 1.29 is 0 Å². The quantitative estimate of drug-likeness (QED) is 0.403. The number of pyridine rings is 1. The Kier molecular flexibility index (Phi) is 5.93. The summed E-state index contributed by atoms with van der Waals surface area (Å²) in [6, 6.07) is 18.8. The van der Waals surface area contributed by atoms with E-state index in [1.165, 1.54) is 10.4 Å². The molecular formula is C23H27Cl2NSi2. The van der Waals surface area contributed by atoms with E-state index in [0.29, 0.717) is 0 Å². The topological polar surface area (TPSA) is 12.9 Å². The van der Waals surface area contributed by atoms with E-state index in [2.05, 4.69) is 69.6 Å². The number of benzene rings is 2. The van der Waals surface area contributed by atoms with Crippen LogP contribution in [0.5, 0.6) is 0 Å². The van der Waals surface area contributed by atoms with Gasteiger partial charge in [-0.25, -0.2) is 4.98 Å². The van der Waals surface area contributed by atoms with Crippen LogP contribution in [0.1, 0.15) is 0 Å². The van der Waals surface area contributed by atoms with Crippen molar-refractivity contribution in [1.82, 2.24) is 4.98 Å². The summed E-state index contributed by atoms with van der Waals surface area (Å²) in [5.74, 6) is 0. The van der Waals surface area contributed by atoms with Gasteiger partial charge in [0.2, 0.25) is 0 Å². The van der Waals surface area contributed by atoms with Crippen LogP contribution < -0.4 is 10.4 Å². The smallest absolute Gasteiger partial charge is 0.0776 e. The maximum atomic E-state index is 6.44. The van der Waals surface area contributed by atoms with Crippen LogP contribution in [0.15, 0.2) is 54.6 Å². The Hall–Kier alpha value is -1.40. The molecule has 0 aliphatic rings. The fraction of sp³-hybridized carbons (Fsp3) is 0.261. The van der Waals surface area contributed by atoms with E-state index in [0.717, 1.165) is 32.6 Å². The molecule has 0 amide bonds. The molecule has 146 valence electrons. The average molecular weight is 445 g/mol. The molecule has 3 aromatic rings. The molecule has 0 fully saturated rings. The van der Waals surface area contributed by atoms with E-state index in [1.807, 2.05) is 24.3 Å². The second kappa shape index (κ2) is 7.79. The summed E-state index contributed by atoms with van der Waals surface area (Å²) in [6.45, 7) is 14.0. The highest BCUT2D eigenvalue weighted by Gasteiger charge is 2.20. The molecule has 5 heteroatoms.